The van der Waals surface area contributed by atoms with Crippen LogP contribution in [-0.2, 0) is 4.74 Å². The van der Waals surface area contributed by atoms with Crippen LogP contribution in [0.1, 0.15) is 20.8 Å². The molecule has 24 heavy (non-hydrogen) atoms. The van der Waals surface area contributed by atoms with Gasteiger partial charge in [0, 0.05) is 32.2 Å². The van der Waals surface area contributed by atoms with Gasteiger partial charge in [-0.15, -0.1) is 5.10 Å². The predicted octanol–water partition coefficient (Wildman–Crippen LogP) is 1.97. The molecule has 0 spiro atoms. The maximum atomic E-state index is 12.1. The average molecular weight is 416 g/mol. The third-order valence-electron chi connectivity index (χ3n) is 3.46. The number of ether oxygens (including phenoxy) is 1. The van der Waals surface area contributed by atoms with E-state index in [0.717, 1.165) is 0 Å². The molecule has 8 nitrogen and oxygen atoms in total. The summed E-state index contributed by atoms with van der Waals surface area (Å²) in [5.74, 6) is 0.611. The molecule has 3 heterocycles. The number of anilines is 1. The van der Waals surface area contributed by atoms with Crippen LogP contribution < -0.4 is 10.5 Å². The molecule has 1 aliphatic rings. The summed E-state index contributed by atoms with van der Waals surface area (Å²) in [5.41, 5.74) is -0.721. The number of hydrogen-bond donors (Lipinski definition) is 0. The number of halogens is 1. The molecule has 2 aromatic rings. The van der Waals surface area contributed by atoms with Gasteiger partial charge in [-0.1, -0.05) is 11.3 Å². The Balaban J connectivity index is 1.71. The molecular weight excluding hydrogens is 398 g/mol. The van der Waals surface area contributed by atoms with Gasteiger partial charge in [0.15, 0.2) is 3.92 Å². The van der Waals surface area contributed by atoms with Gasteiger partial charge in [0.05, 0.1) is 0 Å². The summed E-state index contributed by atoms with van der Waals surface area (Å²) in [6.45, 7) is 7.80. The standard InChI is InChI=1S/C14H18BrN5O3S/c1-14(2,3)23-13(22)19-6-4-18(5-7-19)9-8-10(21)20-12(16-9)24-11(15)17-20/h8H,4-7H2,1-3H3. The summed E-state index contributed by atoms with van der Waals surface area (Å²) in [5, 5.41) is 4.06. The Morgan fingerprint density at radius 3 is 2.58 bits per heavy atom. The fourth-order valence-corrected chi connectivity index (χ4v) is 3.61. The largest absolute Gasteiger partial charge is 0.444 e. The lowest BCUT2D eigenvalue weighted by Crippen LogP contribution is -2.50. The molecule has 0 saturated carbocycles. The van der Waals surface area contributed by atoms with E-state index in [9.17, 15) is 9.59 Å². The SMILES string of the molecule is CC(C)(C)OC(=O)N1CCN(c2cc(=O)n3nc(Br)sc3n2)CC1. The molecule has 0 unspecified atom stereocenters. The highest BCUT2D eigenvalue weighted by atomic mass is 79.9. The van der Waals surface area contributed by atoms with Crippen molar-refractivity contribution in [2.45, 2.75) is 26.4 Å². The lowest BCUT2D eigenvalue weighted by atomic mass is 10.2. The summed E-state index contributed by atoms with van der Waals surface area (Å²) in [4.78, 5) is 32.9. The van der Waals surface area contributed by atoms with Gasteiger partial charge in [-0.2, -0.15) is 4.52 Å². The van der Waals surface area contributed by atoms with Crippen LogP contribution in [0.3, 0.4) is 0 Å². The molecule has 1 amide bonds. The molecule has 0 atom stereocenters. The molecule has 1 fully saturated rings. The topological polar surface area (TPSA) is 80.0 Å². The monoisotopic (exact) mass is 415 g/mol. The van der Waals surface area contributed by atoms with Gasteiger partial charge in [-0.05, 0) is 36.7 Å². The van der Waals surface area contributed by atoms with E-state index < -0.39 is 5.60 Å². The number of nitrogens with zero attached hydrogens (tertiary/aromatic N) is 5. The predicted molar refractivity (Wildman–Crippen MR) is 94.9 cm³/mol. The van der Waals surface area contributed by atoms with E-state index in [2.05, 4.69) is 26.0 Å². The minimum Gasteiger partial charge on any atom is -0.444 e. The molecule has 1 saturated heterocycles. The fourth-order valence-electron chi connectivity index (χ4n) is 2.38. The van der Waals surface area contributed by atoms with Crippen LogP contribution in [0.4, 0.5) is 10.6 Å². The number of fused-ring (bicyclic) bond motifs is 1. The van der Waals surface area contributed by atoms with E-state index in [0.29, 0.717) is 40.9 Å². The van der Waals surface area contributed by atoms with Crippen LogP contribution in [-0.4, -0.2) is 57.4 Å². The molecule has 0 bridgehead atoms. The van der Waals surface area contributed by atoms with Gasteiger partial charge in [0.2, 0.25) is 4.96 Å². The Morgan fingerprint density at radius 2 is 1.96 bits per heavy atom. The van der Waals surface area contributed by atoms with E-state index in [4.69, 9.17) is 4.74 Å². The van der Waals surface area contributed by atoms with Crippen molar-refractivity contribution in [1.82, 2.24) is 19.5 Å². The number of carbonyl (C=O) groups is 1. The number of hydrogen-bond acceptors (Lipinski definition) is 7. The fraction of sp³-hybridized carbons (Fsp3) is 0.571. The Labute approximate surface area is 151 Å². The number of carbonyl (C=O) groups excluding carboxylic acids is 1. The zero-order chi connectivity index (χ0) is 17.5. The smallest absolute Gasteiger partial charge is 0.410 e. The second-order valence-electron chi connectivity index (χ2n) is 6.46. The molecule has 10 heteroatoms. The van der Waals surface area contributed by atoms with E-state index in [-0.39, 0.29) is 11.7 Å². The van der Waals surface area contributed by atoms with Gasteiger partial charge in [-0.25, -0.2) is 9.78 Å². The Bertz CT molecular complexity index is 820. The Kier molecular flexibility index (Phi) is 4.52. The molecule has 130 valence electrons. The van der Waals surface area contributed by atoms with E-state index in [1.54, 1.807) is 4.90 Å². The summed E-state index contributed by atoms with van der Waals surface area (Å²) in [6.07, 6.45) is -0.308. The van der Waals surface area contributed by atoms with Crippen LogP contribution in [0.5, 0.6) is 0 Å². The van der Waals surface area contributed by atoms with E-state index in [1.807, 2.05) is 25.7 Å². The molecule has 0 N–H and O–H groups in total. The number of piperazine rings is 1. The van der Waals surface area contributed by atoms with Crippen molar-refractivity contribution < 1.29 is 9.53 Å². The third-order valence-corrected chi connectivity index (χ3v) is 4.80. The van der Waals surface area contributed by atoms with Gasteiger partial charge < -0.3 is 14.5 Å². The van der Waals surface area contributed by atoms with Crippen molar-refractivity contribution in [3.8, 4) is 0 Å². The van der Waals surface area contributed by atoms with Crippen LogP contribution in [0.2, 0.25) is 0 Å². The maximum Gasteiger partial charge on any atom is 0.410 e. The summed E-state index contributed by atoms with van der Waals surface area (Å²) < 4.78 is 7.27. The van der Waals surface area contributed by atoms with Crippen LogP contribution in [0.25, 0.3) is 4.96 Å². The van der Waals surface area contributed by atoms with E-state index in [1.165, 1.54) is 21.9 Å². The van der Waals surface area contributed by atoms with Crippen molar-refractivity contribution in [2.75, 3.05) is 31.1 Å². The third kappa shape index (κ3) is 3.69. The molecule has 0 aliphatic carbocycles. The highest BCUT2D eigenvalue weighted by Crippen LogP contribution is 2.20. The van der Waals surface area contributed by atoms with Gasteiger partial charge in [0.1, 0.15) is 11.4 Å². The number of amides is 1. The highest BCUT2D eigenvalue weighted by Gasteiger charge is 2.26. The van der Waals surface area contributed by atoms with Crippen LogP contribution >= 0.6 is 27.3 Å². The molecule has 0 radical (unpaired) electrons. The van der Waals surface area contributed by atoms with Gasteiger partial charge >= 0.3 is 6.09 Å². The second-order valence-corrected chi connectivity index (χ2v) is 8.69. The number of rotatable bonds is 1. The van der Waals surface area contributed by atoms with Crippen molar-refractivity contribution in [3.05, 3.63) is 20.3 Å². The maximum absolute atomic E-state index is 12.1. The molecule has 2 aromatic heterocycles. The van der Waals surface area contributed by atoms with Crippen molar-refractivity contribution >= 4 is 44.1 Å². The van der Waals surface area contributed by atoms with Crippen LogP contribution in [0.15, 0.2) is 14.8 Å². The average Bonchev–Trinajstić information content (AvgIpc) is 2.86. The lowest BCUT2D eigenvalue weighted by Gasteiger charge is -2.36. The molecule has 3 rings (SSSR count). The minimum atomic E-state index is -0.505. The van der Waals surface area contributed by atoms with Crippen LogP contribution in [0, 0.1) is 0 Å². The highest BCUT2D eigenvalue weighted by molar-refractivity contribution is 9.11. The Morgan fingerprint density at radius 1 is 1.29 bits per heavy atom. The first-order valence-corrected chi connectivity index (χ1v) is 9.13. The minimum absolute atomic E-state index is 0.216. The van der Waals surface area contributed by atoms with Crippen molar-refractivity contribution in [2.24, 2.45) is 0 Å². The first-order chi connectivity index (χ1) is 11.2. The first-order valence-electron chi connectivity index (χ1n) is 7.52. The first kappa shape index (κ1) is 17.2. The Hall–Kier alpha value is -1.68. The summed E-state index contributed by atoms with van der Waals surface area (Å²) >= 11 is 4.57. The van der Waals surface area contributed by atoms with Crippen molar-refractivity contribution in [1.29, 1.82) is 0 Å². The zero-order valence-corrected chi connectivity index (χ0v) is 16.1. The summed E-state index contributed by atoms with van der Waals surface area (Å²) in [6, 6.07) is 1.47. The van der Waals surface area contributed by atoms with E-state index >= 15 is 0 Å². The van der Waals surface area contributed by atoms with Crippen molar-refractivity contribution in [3.63, 3.8) is 0 Å². The summed E-state index contributed by atoms with van der Waals surface area (Å²) in [7, 11) is 0. The molecular formula is C14H18BrN5O3S. The lowest BCUT2D eigenvalue weighted by molar-refractivity contribution is 0.0240. The van der Waals surface area contributed by atoms with Gasteiger partial charge in [-0.3, -0.25) is 4.79 Å². The molecule has 0 aromatic carbocycles. The molecule has 1 aliphatic heterocycles. The number of aromatic nitrogens is 3. The zero-order valence-electron chi connectivity index (χ0n) is 13.7. The second kappa shape index (κ2) is 6.32. The van der Waals surface area contributed by atoms with Gasteiger partial charge in [0.25, 0.3) is 5.56 Å². The normalized spacial score (nSPS) is 15.8. The quantitative estimate of drug-likeness (QED) is 0.707.